The fourth-order valence-electron chi connectivity index (χ4n) is 2.16. The summed E-state index contributed by atoms with van der Waals surface area (Å²) in [4.78, 5) is 16.5. The Bertz CT molecular complexity index is 879. The molecule has 6 heteroatoms. The maximum atomic E-state index is 12.3. The number of rotatable bonds is 3. The van der Waals surface area contributed by atoms with Crippen LogP contribution in [0.1, 0.15) is 10.5 Å². The summed E-state index contributed by atoms with van der Waals surface area (Å²) in [6.45, 7) is 0. The molecule has 2 N–H and O–H groups in total. The average molecular weight is 329 g/mol. The number of aromatic hydroxyl groups is 1. The highest BCUT2D eigenvalue weighted by Gasteiger charge is 2.12. The first-order valence-electron chi connectivity index (χ1n) is 6.82. The number of ether oxygens (including phenoxy) is 1. The Morgan fingerprint density at radius 1 is 1.13 bits per heavy atom. The third kappa shape index (κ3) is 3.05. The van der Waals surface area contributed by atoms with E-state index < -0.39 is 0 Å². The van der Waals surface area contributed by atoms with Crippen LogP contribution in [0.3, 0.4) is 0 Å². The highest BCUT2D eigenvalue weighted by molar-refractivity contribution is 6.35. The van der Waals surface area contributed by atoms with Crippen molar-refractivity contribution in [2.75, 3.05) is 12.4 Å². The van der Waals surface area contributed by atoms with Gasteiger partial charge in [0.1, 0.15) is 22.7 Å². The number of benzene rings is 2. The Hall–Kier alpha value is -2.79. The highest BCUT2D eigenvalue weighted by atomic mass is 35.5. The fraction of sp³-hybridized carbons (Fsp3) is 0.0588. The standard InChI is InChI=1S/C17H13ClN2O3/c1-23-11-4-2-10(3-5-11)19-17(22)14-8-6-12-13(18)7-9-15(21)16(12)20-14/h2-9,21H,1H3,(H,19,22). The predicted molar refractivity (Wildman–Crippen MR) is 89.4 cm³/mol. The summed E-state index contributed by atoms with van der Waals surface area (Å²) in [5.41, 5.74) is 1.10. The summed E-state index contributed by atoms with van der Waals surface area (Å²) < 4.78 is 5.07. The molecule has 0 fully saturated rings. The molecule has 3 aromatic rings. The molecular weight excluding hydrogens is 316 g/mol. The molecule has 0 spiro atoms. The Morgan fingerprint density at radius 2 is 1.87 bits per heavy atom. The van der Waals surface area contributed by atoms with Gasteiger partial charge in [0.15, 0.2) is 0 Å². The summed E-state index contributed by atoms with van der Waals surface area (Å²) in [6.07, 6.45) is 0. The second-order valence-corrected chi connectivity index (χ2v) is 5.25. The van der Waals surface area contributed by atoms with E-state index in [0.717, 1.165) is 0 Å². The molecule has 0 aliphatic carbocycles. The smallest absolute Gasteiger partial charge is 0.274 e. The SMILES string of the molecule is COc1ccc(NC(=O)c2ccc3c(Cl)ccc(O)c3n2)cc1. The molecule has 2 aromatic carbocycles. The average Bonchev–Trinajstić information content (AvgIpc) is 2.58. The lowest BCUT2D eigenvalue weighted by Crippen LogP contribution is -2.13. The van der Waals surface area contributed by atoms with Crippen LogP contribution in [0.2, 0.25) is 5.02 Å². The molecule has 0 saturated heterocycles. The lowest BCUT2D eigenvalue weighted by molar-refractivity contribution is 0.102. The first kappa shape index (κ1) is 15.1. The molecule has 0 radical (unpaired) electrons. The van der Waals surface area contributed by atoms with Crippen molar-refractivity contribution in [3.05, 3.63) is 59.2 Å². The number of pyridine rings is 1. The lowest BCUT2D eigenvalue weighted by Gasteiger charge is -2.08. The van der Waals surface area contributed by atoms with Gasteiger partial charge in [-0.1, -0.05) is 11.6 Å². The van der Waals surface area contributed by atoms with Crippen molar-refractivity contribution in [1.29, 1.82) is 0 Å². The van der Waals surface area contributed by atoms with E-state index in [4.69, 9.17) is 16.3 Å². The fourth-order valence-corrected chi connectivity index (χ4v) is 2.38. The molecule has 0 aliphatic heterocycles. The number of carbonyl (C=O) groups is 1. The van der Waals surface area contributed by atoms with Gasteiger partial charge >= 0.3 is 0 Å². The van der Waals surface area contributed by atoms with E-state index in [1.807, 2.05) is 0 Å². The van der Waals surface area contributed by atoms with Gasteiger partial charge in [0, 0.05) is 11.1 Å². The number of aromatic nitrogens is 1. The number of phenols is 1. The molecule has 1 aromatic heterocycles. The van der Waals surface area contributed by atoms with E-state index in [9.17, 15) is 9.90 Å². The van der Waals surface area contributed by atoms with E-state index in [1.165, 1.54) is 6.07 Å². The molecule has 3 rings (SSSR count). The van der Waals surface area contributed by atoms with Crippen LogP contribution < -0.4 is 10.1 Å². The Balaban J connectivity index is 1.89. The molecule has 0 aliphatic rings. The third-order valence-electron chi connectivity index (χ3n) is 3.36. The number of halogens is 1. The topological polar surface area (TPSA) is 71.5 Å². The van der Waals surface area contributed by atoms with Gasteiger partial charge in [-0.15, -0.1) is 0 Å². The van der Waals surface area contributed by atoms with Gasteiger partial charge in [0.2, 0.25) is 0 Å². The molecule has 5 nitrogen and oxygen atoms in total. The van der Waals surface area contributed by atoms with E-state index in [2.05, 4.69) is 10.3 Å². The van der Waals surface area contributed by atoms with Crippen molar-refractivity contribution in [2.45, 2.75) is 0 Å². The normalized spacial score (nSPS) is 10.5. The van der Waals surface area contributed by atoms with Gasteiger partial charge in [0.25, 0.3) is 5.91 Å². The van der Waals surface area contributed by atoms with E-state index in [-0.39, 0.29) is 17.4 Å². The Labute approximate surface area is 137 Å². The van der Waals surface area contributed by atoms with Crippen LogP contribution in [0.25, 0.3) is 10.9 Å². The number of carbonyl (C=O) groups excluding carboxylic acids is 1. The van der Waals surface area contributed by atoms with Gasteiger partial charge in [0.05, 0.1) is 12.1 Å². The molecule has 23 heavy (non-hydrogen) atoms. The second-order valence-electron chi connectivity index (χ2n) is 4.84. The van der Waals surface area contributed by atoms with Crippen LogP contribution in [-0.2, 0) is 0 Å². The molecule has 0 bridgehead atoms. The minimum Gasteiger partial charge on any atom is -0.506 e. The van der Waals surface area contributed by atoms with Crippen LogP contribution in [0.4, 0.5) is 5.69 Å². The van der Waals surface area contributed by atoms with Crippen molar-refractivity contribution in [1.82, 2.24) is 4.98 Å². The van der Waals surface area contributed by atoms with Crippen molar-refractivity contribution in [3.63, 3.8) is 0 Å². The van der Waals surface area contributed by atoms with Gasteiger partial charge in [-0.25, -0.2) is 4.98 Å². The Morgan fingerprint density at radius 3 is 2.57 bits per heavy atom. The number of amides is 1. The number of methoxy groups -OCH3 is 1. The number of nitrogens with one attached hydrogen (secondary N) is 1. The number of phenolic OH excluding ortho intramolecular Hbond substituents is 1. The summed E-state index contributed by atoms with van der Waals surface area (Å²) in [5, 5.41) is 13.7. The molecule has 0 saturated carbocycles. The number of anilines is 1. The van der Waals surface area contributed by atoms with Gasteiger partial charge in [-0.2, -0.15) is 0 Å². The zero-order valence-corrected chi connectivity index (χ0v) is 13.0. The molecule has 0 unspecified atom stereocenters. The number of fused-ring (bicyclic) bond motifs is 1. The zero-order valence-electron chi connectivity index (χ0n) is 12.2. The van der Waals surface area contributed by atoms with Crippen LogP contribution in [-0.4, -0.2) is 23.1 Å². The minimum atomic E-state index is -0.378. The van der Waals surface area contributed by atoms with Crippen LogP contribution in [0.5, 0.6) is 11.5 Å². The van der Waals surface area contributed by atoms with E-state index in [0.29, 0.717) is 27.4 Å². The van der Waals surface area contributed by atoms with Gasteiger partial charge in [-0.3, -0.25) is 4.79 Å². The predicted octanol–water partition coefficient (Wildman–Crippen LogP) is 3.85. The van der Waals surface area contributed by atoms with Crippen LogP contribution in [0.15, 0.2) is 48.5 Å². The quantitative estimate of drug-likeness (QED) is 0.766. The summed E-state index contributed by atoms with van der Waals surface area (Å²) in [5.74, 6) is 0.298. The van der Waals surface area contributed by atoms with E-state index >= 15 is 0 Å². The van der Waals surface area contributed by atoms with Crippen molar-refractivity contribution < 1.29 is 14.6 Å². The summed E-state index contributed by atoms with van der Waals surface area (Å²) in [7, 11) is 1.57. The zero-order chi connectivity index (χ0) is 16.4. The molecule has 116 valence electrons. The van der Waals surface area contributed by atoms with Gasteiger partial charge < -0.3 is 15.2 Å². The maximum Gasteiger partial charge on any atom is 0.274 e. The van der Waals surface area contributed by atoms with Crippen LogP contribution >= 0.6 is 11.6 Å². The monoisotopic (exact) mass is 328 g/mol. The largest absolute Gasteiger partial charge is 0.506 e. The van der Waals surface area contributed by atoms with Crippen molar-refractivity contribution in [2.24, 2.45) is 0 Å². The molecule has 0 atom stereocenters. The van der Waals surface area contributed by atoms with Crippen molar-refractivity contribution in [3.8, 4) is 11.5 Å². The van der Waals surface area contributed by atoms with Crippen molar-refractivity contribution >= 4 is 34.1 Å². The van der Waals surface area contributed by atoms with Gasteiger partial charge in [-0.05, 0) is 48.5 Å². The Kier molecular flexibility index (Phi) is 4.04. The number of hydrogen-bond acceptors (Lipinski definition) is 4. The third-order valence-corrected chi connectivity index (χ3v) is 3.69. The first-order chi connectivity index (χ1) is 11.1. The first-order valence-corrected chi connectivity index (χ1v) is 7.20. The molecule has 1 amide bonds. The molecular formula is C17H13ClN2O3. The lowest BCUT2D eigenvalue weighted by atomic mass is 10.2. The molecule has 1 heterocycles. The summed E-state index contributed by atoms with van der Waals surface area (Å²) in [6, 6.07) is 13.2. The van der Waals surface area contributed by atoms with Crippen LogP contribution in [0, 0.1) is 0 Å². The number of nitrogens with zero attached hydrogens (tertiary/aromatic N) is 1. The highest BCUT2D eigenvalue weighted by Crippen LogP contribution is 2.29. The number of hydrogen-bond donors (Lipinski definition) is 2. The minimum absolute atomic E-state index is 0.0245. The second kappa shape index (κ2) is 6.14. The van der Waals surface area contributed by atoms with E-state index in [1.54, 1.807) is 49.6 Å². The maximum absolute atomic E-state index is 12.3. The summed E-state index contributed by atoms with van der Waals surface area (Å²) >= 11 is 6.06.